The molecule has 1 unspecified atom stereocenters. The van der Waals surface area contributed by atoms with Crippen LogP contribution in [0.1, 0.15) is 18.0 Å². The third-order valence-electron chi connectivity index (χ3n) is 2.88. The molecule has 0 amide bonds. The van der Waals surface area contributed by atoms with Crippen molar-refractivity contribution in [1.82, 2.24) is 5.32 Å². The number of anilines is 1. The fraction of sp³-hybridized carbons (Fsp3) is 0.455. The van der Waals surface area contributed by atoms with E-state index in [-0.39, 0.29) is 11.9 Å². The number of rotatable bonds is 1. The monoisotopic (exact) mass is 194 g/mol. The molecule has 14 heavy (non-hydrogen) atoms. The van der Waals surface area contributed by atoms with E-state index in [1.165, 1.54) is 6.07 Å². The Morgan fingerprint density at radius 3 is 3.00 bits per heavy atom. The van der Waals surface area contributed by atoms with Gasteiger partial charge in [0.2, 0.25) is 0 Å². The second-order valence-electron chi connectivity index (χ2n) is 3.75. The molecule has 1 aromatic carbocycles. The molecule has 0 spiro atoms. The van der Waals surface area contributed by atoms with Crippen molar-refractivity contribution in [3.8, 4) is 0 Å². The van der Waals surface area contributed by atoms with Crippen molar-refractivity contribution in [2.75, 3.05) is 25.5 Å². The quantitative estimate of drug-likeness (QED) is 0.734. The first-order valence-corrected chi connectivity index (χ1v) is 4.90. The summed E-state index contributed by atoms with van der Waals surface area (Å²) in [5, 5.41) is 3.21. The highest BCUT2D eigenvalue weighted by Crippen LogP contribution is 2.32. The zero-order valence-electron chi connectivity index (χ0n) is 8.55. The zero-order valence-corrected chi connectivity index (χ0v) is 8.55. The molecule has 0 fully saturated rings. The van der Waals surface area contributed by atoms with Crippen molar-refractivity contribution in [3.63, 3.8) is 0 Å². The average Bonchev–Trinajstić information content (AvgIpc) is 2.18. The number of nitrogens with one attached hydrogen (secondary N) is 1. The first-order chi connectivity index (χ1) is 6.72. The SMILES string of the molecule is CNC1CCN(C)c2ccc(F)cc21. The maximum Gasteiger partial charge on any atom is 0.123 e. The topological polar surface area (TPSA) is 15.3 Å². The van der Waals surface area contributed by atoms with Crippen LogP contribution in [0.2, 0.25) is 0 Å². The van der Waals surface area contributed by atoms with Gasteiger partial charge >= 0.3 is 0 Å². The molecule has 2 rings (SSSR count). The van der Waals surface area contributed by atoms with Crippen molar-refractivity contribution >= 4 is 5.69 Å². The van der Waals surface area contributed by atoms with Crippen molar-refractivity contribution < 1.29 is 4.39 Å². The lowest BCUT2D eigenvalue weighted by molar-refractivity contribution is 0.521. The Bertz CT molecular complexity index is 338. The summed E-state index contributed by atoms with van der Waals surface area (Å²) in [5.74, 6) is -0.153. The van der Waals surface area contributed by atoms with Crippen LogP contribution in [0.5, 0.6) is 0 Å². The standard InChI is InChI=1S/C11H15FN2/c1-13-10-5-6-14(2)11-4-3-8(12)7-9(10)11/h3-4,7,10,13H,5-6H2,1-2H3. The van der Waals surface area contributed by atoms with Gasteiger partial charge in [0.05, 0.1) is 0 Å². The Morgan fingerprint density at radius 1 is 1.50 bits per heavy atom. The predicted molar refractivity (Wildman–Crippen MR) is 56.1 cm³/mol. The van der Waals surface area contributed by atoms with Gasteiger partial charge in [-0.1, -0.05) is 0 Å². The van der Waals surface area contributed by atoms with Crippen molar-refractivity contribution in [2.24, 2.45) is 0 Å². The molecule has 1 aromatic rings. The lowest BCUT2D eigenvalue weighted by atomic mass is 9.97. The van der Waals surface area contributed by atoms with Gasteiger partial charge in [-0.05, 0) is 37.2 Å². The third kappa shape index (κ3) is 1.48. The molecule has 0 aliphatic carbocycles. The summed E-state index contributed by atoms with van der Waals surface area (Å²) in [6, 6.07) is 5.30. The van der Waals surface area contributed by atoms with E-state index in [2.05, 4.69) is 10.2 Å². The molecule has 0 radical (unpaired) electrons. The van der Waals surface area contributed by atoms with Crippen molar-refractivity contribution in [3.05, 3.63) is 29.6 Å². The number of hydrogen-bond acceptors (Lipinski definition) is 2. The van der Waals surface area contributed by atoms with Crippen LogP contribution in [-0.2, 0) is 0 Å². The van der Waals surface area contributed by atoms with Crippen molar-refractivity contribution in [1.29, 1.82) is 0 Å². The molecule has 76 valence electrons. The Kier molecular flexibility index (Phi) is 2.42. The van der Waals surface area contributed by atoms with E-state index < -0.39 is 0 Å². The predicted octanol–water partition coefficient (Wildman–Crippen LogP) is 1.93. The Balaban J connectivity index is 2.46. The summed E-state index contributed by atoms with van der Waals surface area (Å²) < 4.78 is 13.1. The summed E-state index contributed by atoms with van der Waals surface area (Å²) in [6.45, 7) is 1.02. The normalized spacial score (nSPS) is 20.8. The lowest BCUT2D eigenvalue weighted by Gasteiger charge is -2.33. The smallest absolute Gasteiger partial charge is 0.123 e. The van der Waals surface area contributed by atoms with E-state index >= 15 is 0 Å². The Hall–Kier alpha value is -1.09. The molecule has 1 aliphatic rings. The Morgan fingerprint density at radius 2 is 2.29 bits per heavy atom. The number of fused-ring (bicyclic) bond motifs is 1. The van der Waals surface area contributed by atoms with Gasteiger partial charge in [0, 0.05) is 25.3 Å². The number of nitrogens with zero attached hydrogens (tertiary/aromatic N) is 1. The van der Waals surface area contributed by atoms with Gasteiger partial charge in [-0.2, -0.15) is 0 Å². The maximum absolute atomic E-state index is 13.1. The second-order valence-corrected chi connectivity index (χ2v) is 3.75. The van der Waals surface area contributed by atoms with Gasteiger partial charge in [0.25, 0.3) is 0 Å². The minimum absolute atomic E-state index is 0.153. The third-order valence-corrected chi connectivity index (χ3v) is 2.88. The van der Waals surface area contributed by atoms with Gasteiger partial charge in [0.15, 0.2) is 0 Å². The van der Waals surface area contributed by atoms with Crippen molar-refractivity contribution in [2.45, 2.75) is 12.5 Å². The van der Waals surface area contributed by atoms with Crippen LogP contribution < -0.4 is 10.2 Å². The van der Waals surface area contributed by atoms with Crippen LogP contribution in [0.4, 0.5) is 10.1 Å². The molecule has 0 saturated carbocycles. The van der Waals surface area contributed by atoms with Gasteiger partial charge < -0.3 is 10.2 Å². The summed E-state index contributed by atoms with van der Waals surface area (Å²) >= 11 is 0. The molecule has 1 aliphatic heterocycles. The molecule has 0 aromatic heterocycles. The molecule has 0 saturated heterocycles. The van der Waals surface area contributed by atoms with Crippen LogP contribution in [-0.4, -0.2) is 20.6 Å². The fourth-order valence-corrected chi connectivity index (χ4v) is 2.05. The van der Waals surface area contributed by atoms with E-state index in [1.807, 2.05) is 20.2 Å². The molecular formula is C11H15FN2. The fourth-order valence-electron chi connectivity index (χ4n) is 2.05. The van der Waals surface area contributed by atoms with Crippen LogP contribution in [0, 0.1) is 5.82 Å². The number of hydrogen-bond donors (Lipinski definition) is 1. The van der Waals surface area contributed by atoms with Crippen LogP contribution in [0.25, 0.3) is 0 Å². The molecular weight excluding hydrogens is 179 g/mol. The molecule has 3 heteroatoms. The van der Waals surface area contributed by atoms with E-state index in [9.17, 15) is 4.39 Å². The summed E-state index contributed by atoms with van der Waals surface area (Å²) in [7, 11) is 3.97. The summed E-state index contributed by atoms with van der Waals surface area (Å²) in [5.41, 5.74) is 2.21. The molecule has 1 atom stereocenters. The molecule has 1 heterocycles. The second kappa shape index (κ2) is 3.58. The minimum atomic E-state index is -0.153. The molecule has 2 nitrogen and oxygen atoms in total. The van der Waals surface area contributed by atoms with E-state index in [0.29, 0.717) is 0 Å². The first kappa shape index (κ1) is 9.46. The molecule has 0 bridgehead atoms. The average molecular weight is 194 g/mol. The summed E-state index contributed by atoms with van der Waals surface area (Å²) in [6.07, 6.45) is 1.03. The molecule has 1 N–H and O–H groups in total. The number of halogens is 1. The highest BCUT2D eigenvalue weighted by molar-refractivity contribution is 5.56. The minimum Gasteiger partial charge on any atom is -0.374 e. The summed E-state index contributed by atoms with van der Waals surface area (Å²) in [4.78, 5) is 2.17. The van der Waals surface area contributed by atoms with Gasteiger partial charge in [0.1, 0.15) is 5.82 Å². The highest BCUT2D eigenvalue weighted by Gasteiger charge is 2.21. The van der Waals surface area contributed by atoms with Crippen LogP contribution >= 0.6 is 0 Å². The Labute approximate surface area is 83.7 Å². The van der Waals surface area contributed by atoms with Gasteiger partial charge in [-0.3, -0.25) is 0 Å². The van der Waals surface area contributed by atoms with Crippen LogP contribution in [0.3, 0.4) is 0 Å². The van der Waals surface area contributed by atoms with E-state index in [4.69, 9.17) is 0 Å². The first-order valence-electron chi connectivity index (χ1n) is 4.90. The van der Waals surface area contributed by atoms with E-state index in [0.717, 1.165) is 24.2 Å². The highest BCUT2D eigenvalue weighted by atomic mass is 19.1. The maximum atomic E-state index is 13.1. The van der Waals surface area contributed by atoms with E-state index in [1.54, 1.807) is 6.07 Å². The zero-order chi connectivity index (χ0) is 10.1. The van der Waals surface area contributed by atoms with Gasteiger partial charge in [-0.15, -0.1) is 0 Å². The van der Waals surface area contributed by atoms with Gasteiger partial charge in [-0.25, -0.2) is 4.39 Å². The largest absolute Gasteiger partial charge is 0.374 e. The van der Waals surface area contributed by atoms with Crippen LogP contribution in [0.15, 0.2) is 18.2 Å². The number of benzene rings is 1. The lowest BCUT2D eigenvalue weighted by Crippen LogP contribution is -2.32.